The van der Waals surface area contributed by atoms with Crippen LogP contribution in [0.15, 0.2) is 29.3 Å². The van der Waals surface area contributed by atoms with Crippen LogP contribution in [0.3, 0.4) is 0 Å². The summed E-state index contributed by atoms with van der Waals surface area (Å²) in [6.45, 7) is 6.98. The summed E-state index contributed by atoms with van der Waals surface area (Å²) in [5, 5.41) is 3.33. The average molecular weight is 338 g/mol. The molecule has 0 radical (unpaired) electrons. The molecule has 0 aromatic heterocycles. The molecule has 1 aliphatic rings. The van der Waals surface area contributed by atoms with Gasteiger partial charge in [0.25, 0.3) is 0 Å². The van der Waals surface area contributed by atoms with Crippen LogP contribution in [0.1, 0.15) is 25.8 Å². The van der Waals surface area contributed by atoms with Gasteiger partial charge in [-0.25, -0.2) is 8.42 Å². The maximum Gasteiger partial charge on any atom is 0.229 e. The van der Waals surface area contributed by atoms with Crippen molar-refractivity contribution in [2.45, 2.75) is 26.8 Å². The number of sulfonamides is 1. The predicted molar refractivity (Wildman–Crippen MR) is 95.1 cm³/mol. The Bertz CT molecular complexity index is 683. The molecule has 0 atom stereocenters. The summed E-state index contributed by atoms with van der Waals surface area (Å²) in [6.07, 6.45) is 2.29. The van der Waals surface area contributed by atoms with E-state index in [4.69, 9.17) is 0 Å². The van der Waals surface area contributed by atoms with Crippen LogP contribution in [-0.4, -0.2) is 45.7 Å². The smallest absolute Gasteiger partial charge is 0.229 e. The van der Waals surface area contributed by atoms with Gasteiger partial charge in [0.2, 0.25) is 10.0 Å². The van der Waals surface area contributed by atoms with E-state index >= 15 is 0 Å². The van der Waals surface area contributed by atoms with Gasteiger partial charge in [0.1, 0.15) is 0 Å². The van der Waals surface area contributed by atoms with Gasteiger partial charge in [-0.3, -0.25) is 9.71 Å². The molecular weight excluding hydrogens is 312 g/mol. The number of benzene rings is 1. The van der Waals surface area contributed by atoms with Crippen molar-refractivity contribution in [2.75, 3.05) is 31.1 Å². The van der Waals surface area contributed by atoms with Crippen LogP contribution in [0, 0.1) is 5.41 Å². The van der Waals surface area contributed by atoms with E-state index in [0.29, 0.717) is 17.6 Å². The van der Waals surface area contributed by atoms with Crippen molar-refractivity contribution in [3.8, 4) is 0 Å². The van der Waals surface area contributed by atoms with E-state index in [1.807, 2.05) is 18.2 Å². The molecule has 0 saturated carbocycles. The standard InChI is InChI=1S/C16H26N4O2S/c1-16(2)9-10-20(12-16)15(17-3)18-11-13-7-5-6-8-14(13)19-23(4,21)22/h5-8,19H,9-12H2,1-4H3,(H,17,18). The lowest BCUT2D eigenvalue weighted by Gasteiger charge is -2.24. The second-order valence-corrected chi connectivity index (χ2v) is 8.52. The number of likely N-dealkylation sites (tertiary alicyclic amines) is 1. The fraction of sp³-hybridized carbons (Fsp3) is 0.562. The number of guanidine groups is 1. The molecule has 0 aliphatic carbocycles. The first-order valence-corrected chi connectivity index (χ1v) is 9.61. The van der Waals surface area contributed by atoms with Crippen molar-refractivity contribution in [3.63, 3.8) is 0 Å². The van der Waals surface area contributed by atoms with Gasteiger partial charge >= 0.3 is 0 Å². The average Bonchev–Trinajstić information content (AvgIpc) is 2.80. The SMILES string of the molecule is CN=C(NCc1ccccc1NS(C)(=O)=O)N1CCC(C)(C)C1. The van der Waals surface area contributed by atoms with Crippen LogP contribution < -0.4 is 10.0 Å². The molecular formula is C16H26N4O2S. The summed E-state index contributed by atoms with van der Waals surface area (Å²) in [6, 6.07) is 7.38. The van der Waals surface area contributed by atoms with Gasteiger partial charge in [0.15, 0.2) is 5.96 Å². The molecule has 7 heteroatoms. The van der Waals surface area contributed by atoms with Crippen molar-refractivity contribution in [1.82, 2.24) is 10.2 Å². The van der Waals surface area contributed by atoms with Crippen LogP contribution in [0.25, 0.3) is 0 Å². The summed E-state index contributed by atoms with van der Waals surface area (Å²) < 4.78 is 25.5. The second-order valence-electron chi connectivity index (χ2n) is 6.77. The number of anilines is 1. The minimum atomic E-state index is -3.29. The van der Waals surface area contributed by atoms with E-state index in [0.717, 1.165) is 37.3 Å². The van der Waals surface area contributed by atoms with Crippen molar-refractivity contribution in [3.05, 3.63) is 29.8 Å². The van der Waals surface area contributed by atoms with Crippen molar-refractivity contribution < 1.29 is 8.42 Å². The summed E-state index contributed by atoms with van der Waals surface area (Å²) in [4.78, 5) is 6.59. The highest BCUT2D eigenvalue weighted by Crippen LogP contribution is 2.28. The summed E-state index contributed by atoms with van der Waals surface area (Å²) in [5.74, 6) is 0.852. The zero-order valence-corrected chi connectivity index (χ0v) is 15.1. The Morgan fingerprint density at radius 3 is 2.61 bits per heavy atom. The first kappa shape index (κ1) is 17.6. The maximum absolute atomic E-state index is 11.5. The number of nitrogens with one attached hydrogen (secondary N) is 2. The van der Waals surface area contributed by atoms with Crippen LogP contribution in [0.4, 0.5) is 5.69 Å². The zero-order valence-electron chi connectivity index (χ0n) is 14.3. The molecule has 1 saturated heterocycles. The lowest BCUT2D eigenvalue weighted by Crippen LogP contribution is -2.40. The minimum Gasteiger partial charge on any atom is -0.352 e. The number of nitrogens with zero attached hydrogens (tertiary/aromatic N) is 2. The minimum absolute atomic E-state index is 0.299. The lowest BCUT2D eigenvalue weighted by molar-refractivity contribution is 0.370. The first-order valence-electron chi connectivity index (χ1n) is 7.71. The monoisotopic (exact) mass is 338 g/mol. The molecule has 0 bridgehead atoms. The highest BCUT2D eigenvalue weighted by Gasteiger charge is 2.30. The van der Waals surface area contributed by atoms with Gasteiger partial charge in [-0.2, -0.15) is 0 Å². The number of rotatable bonds is 4. The van der Waals surface area contributed by atoms with E-state index in [-0.39, 0.29) is 0 Å². The summed E-state index contributed by atoms with van der Waals surface area (Å²) in [7, 11) is -1.52. The largest absolute Gasteiger partial charge is 0.352 e. The van der Waals surface area contributed by atoms with Gasteiger partial charge in [-0.1, -0.05) is 32.0 Å². The van der Waals surface area contributed by atoms with E-state index < -0.39 is 10.0 Å². The third kappa shape index (κ3) is 5.13. The lowest BCUT2D eigenvalue weighted by atomic mass is 9.93. The number of aliphatic imine (C=N–C) groups is 1. The molecule has 1 heterocycles. The molecule has 6 nitrogen and oxygen atoms in total. The molecule has 0 amide bonds. The molecule has 1 aromatic rings. The molecule has 128 valence electrons. The van der Waals surface area contributed by atoms with Gasteiger partial charge in [-0.15, -0.1) is 0 Å². The Kier molecular flexibility index (Phi) is 5.19. The quantitative estimate of drug-likeness (QED) is 0.649. The fourth-order valence-corrected chi connectivity index (χ4v) is 3.37. The highest BCUT2D eigenvalue weighted by molar-refractivity contribution is 7.92. The molecule has 0 unspecified atom stereocenters. The van der Waals surface area contributed by atoms with Crippen LogP contribution in [0.2, 0.25) is 0 Å². The molecule has 1 aromatic carbocycles. The zero-order chi connectivity index (χ0) is 17.1. The molecule has 2 N–H and O–H groups in total. The van der Waals surface area contributed by atoms with Crippen LogP contribution in [-0.2, 0) is 16.6 Å². The van der Waals surface area contributed by atoms with E-state index in [9.17, 15) is 8.42 Å². The third-order valence-electron chi connectivity index (χ3n) is 3.94. The Labute approximate surface area is 139 Å². The first-order chi connectivity index (χ1) is 10.7. The van der Waals surface area contributed by atoms with Crippen molar-refractivity contribution in [1.29, 1.82) is 0 Å². The normalized spacial score (nSPS) is 18.1. The Hall–Kier alpha value is -1.76. The van der Waals surface area contributed by atoms with Crippen molar-refractivity contribution >= 4 is 21.7 Å². The molecule has 0 spiro atoms. The van der Waals surface area contributed by atoms with Crippen LogP contribution >= 0.6 is 0 Å². The molecule has 1 aliphatic heterocycles. The molecule has 23 heavy (non-hydrogen) atoms. The number of hydrogen-bond acceptors (Lipinski definition) is 3. The summed E-state index contributed by atoms with van der Waals surface area (Å²) >= 11 is 0. The van der Waals surface area contributed by atoms with E-state index in [1.165, 1.54) is 0 Å². The van der Waals surface area contributed by atoms with E-state index in [2.05, 4.69) is 33.8 Å². The van der Waals surface area contributed by atoms with Gasteiger partial charge in [0, 0.05) is 26.7 Å². The highest BCUT2D eigenvalue weighted by atomic mass is 32.2. The number of para-hydroxylation sites is 1. The third-order valence-corrected chi connectivity index (χ3v) is 4.53. The van der Waals surface area contributed by atoms with E-state index in [1.54, 1.807) is 13.1 Å². The van der Waals surface area contributed by atoms with Crippen molar-refractivity contribution in [2.24, 2.45) is 10.4 Å². The Morgan fingerprint density at radius 2 is 2.04 bits per heavy atom. The van der Waals surface area contributed by atoms with Gasteiger partial charge in [0.05, 0.1) is 11.9 Å². The predicted octanol–water partition coefficient (Wildman–Crippen LogP) is 1.87. The molecule has 2 rings (SSSR count). The fourth-order valence-electron chi connectivity index (χ4n) is 2.77. The number of hydrogen-bond donors (Lipinski definition) is 2. The molecule has 1 fully saturated rings. The Morgan fingerprint density at radius 1 is 1.35 bits per heavy atom. The summed E-state index contributed by atoms with van der Waals surface area (Å²) in [5.41, 5.74) is 1.78. The maximum atomic E-state index is 11.5. The van der Waals surface area contributed by atoms with Gasteiger partial charge in [-0.05, 0) is 23.5 Å². The Balaban J connectivity index is 2.05. The van der Waals surface area contributed by atoms with Crippen LogP contribution in [0.5, 0.6) is 0 Å². The van der Waals surface area contributed by atoms with Gasteiger partial charge < -0.3 is 10.2 Å². The second kappa shape index (κ2) is 6.78. The topological polar surface area (TPSA) is 73.8 Å².